The third-order valence-electron chi connectivity index (χ3n) is 8.55. The van der Waals surface area contributed by atoms with Crippen LogP contribution in [0.2, 0.25) is 0 Å². The van der Waals surface area contributed by atoms with E-state index in [1.165, 1.54) is 40.4 Å². The van der Waals surface area contributed by atoms with Crippen molar-refractivity contribution in [1.29, 1.82) is 0 Å². The summed E-state index contributed by atoms with van der Waals surface area (Å²) in [5.74, 6) is -2.64. The van der Waals surface area contributed by atoms with Crippen molar-refractivity contribution < 1.29 is 23.1 Å². The Bertz CT molecular complexity index is 1160. The Morgan fingerprint density at radius 3 is 2.30 bits per heavy atom. The van der Waals surface area contributed by atoms with E-state index in [-0.39, 0.29) is 16.8 Å². The molecule has 0 aromatic carbocycles. The summed E-state index contributed by atoms with van der Waals surface area (Å²) < 4.78 is 50.5. The van der Waals surface area contributed by atoms with Gasteiger partial charge in [-0.25, -0.2) is 32.8 Å². The standard InChI is InChI=1S/C26H37F3N6O2/c1-16-26(29,25(2,3)4)35(24(36)37)21(28)20(27)34(16)23-19-18(32-12-8-9-13-32)14-33(22(19)30-15-31-23)17-10-6-5-7-11-17/h14-17,20-21H,5-13H2,1-4H3,(H,36,37). The molecule has 204 valence electrons. The maximum absolute atomic E-state index is 16.9. The summed E-state index contributed by atoms with van der Waals surface area (Å²) in [4.78, 5) is 24.2. The number of nitrogens with zero attached hydrogens (tertiary/aromatic N) is 6. The van der Waals surface area contributed by atoms with E-state index in [1.54, 1.807) is 0 Å². The number of hydrogen-bond acceptors (Lipinski definition) is 5. The zero-order valence-corrected chi connectivity index (χ0v) is 22.0. The number of halogens is 3. The quantitative estimate of drug-likeness (QED) is 0.496. The molecule has 4 unspecified atom stereocenters. The number of carbonyl (C=O) groups is 1. The highest BCUT2D eigenvalue weighted by Gasteiger charge is 2.65. The lowest BCUT2D eigenvalue weighted by atomic mass is 9.77. The highest BCUT2D eigenvalue weighted by atomic mass is 19.2. The lowest BCUT2D eigenvalue weighted by Gasteiger charge is -2.57. The van der Waals surface area contributed by atoms with Crippen LogP contribution in [0.25, 0.3) is 11.0 Å². The van der Waals surface area contributed by atoms with Gasteiger partial charge in [0.25, 0.3) is 0 Å². The third-order valence-corrected chi connectivity index (χ3v) is 8.55. The average molecular weight is 523 g/mol. The lowest BCUT2D eigenvalue weighted by molar-refractivity contribution is -0.193. The second-order valence-electron chi connectivity index (χ2n) is 11.7. The van der Waals surface area contributed by atoms with Crippen molar-refractivity contribution in [2.75, 3.05) is 22.9 Å². The second kappa shape index (κ2) is 9.23. The Morgan fingerprint density at radius 1 is 1.05 bits per heavy atom. The fourth-order valence-corrected chi connectivity index (χ4v) is 6.65. The minimum atomic E-state index is -2.74. The van der Waals surface area contributed by atoms with E-state index >= 15 is 13.2 Å². The van der Waals surface area contributed by atoms with Crippen LogP contribution in [-0.4, -0.2) is 68.2 Å². The smallest absolute Gasteiger partial charge is 0.412 e. The molecule has 0 radical (unpaired) electrons. The minimum absolute atomic E-state index is 0.00576. The minimum Gasteiger partial charge on any atom is -0.465 e. The first kappa shape index (κ1) is 25.9. The van der Waals surface area contributed by atoms with E-state index in [9.17, 15) is 9.90 Å². The molecule has 37 heavy (non-hydrogen) atoms. The molecule has 2 aromatic heterocycles. The zero-order valence-electron chi connectivity index (χ0n) is 22.0. The first-order valence-corrected chi connectivity index (χ1v) is 13.4. The summed E-state index contributed by atoms with van der Waals surface area (Å²) >= 11 is 0. The van der Waals surface area contributed by atoms with Gasteiger partial charge in [-0.05, 0) is 32.6 Å². The molecule has 4 atom stereocenters. The summed E-state index contributed by atoms with van der Waals surface area (Å²) in [5, 5.41) is 10.3. The number of fused-ring (bicyclic) bond motifs is 1. The second-order valence-corrected chi connectivity index (χ2v) is 11.7. The summed E-state index contributed by atoms with van der Waals surface area (Å²) in [5.41, 5.74) is 0.102. The van der Waals surface area contributed by atoms with Crippen molar-refractivity contribution >= 4 is 28.6 Å². The van der Waals surface area contributed by atoms with Crippen LogP contribution in [0.4, 0.5) is 29.5 Å². The van der Waals surface area contributed by atoms with Crippen molar-refractivity contribution in [3.05, 3.63) is 12.5 Å². The van der Waals surface area contributed by atoms with Crippen LogP contribution >= 0.6 is 0 Å². The molecule has 11 heteroatoms. The van der Waals surface area contributed by atoms with Crippen LogP contribution in [0.3, 0.4) is 0 Å². The van der Waals surface area contributed by atoms with E-state index in [0.717, 1.165) is 62.2 Å². The van der Waals surface area contributed by atoms with E-state index in [4.69, 9.17) is 0 Å². The Labute approximate surface area is 215 Å². The van der Waals surface area contributed by atoms with Gasteiger partial charge in [0.1, 0.15) is 17.8 Å². The van der Waals surface area contributed by atoms with Crippen molar-refractivity contribution in [1.82, 2.24) is 19.4 Å². The molecule has 1 aliphatic carbocycles. The highest BCUT2D eigenvalue weighted by molar-refractivity contribution is 6.00. The summed E-state index contributed by atoms with van der Waals surface area (Å²) in [6.45, 7) is 7.52. The molecular formula is C26H37F3N6O2. The molecule has 2 aliphatic heterocycles. The maximum atomic E-state index is 16.9. The normalized spacial score (nSPS) is 29.9. The molecule has 0 bridgehead atoms. The topological polar surface area (TPSA) is 77.7 Å². The first-order valence-electron chi connectivity index (χ1n) is 13.4. The van der Waals surface area contributed by atoms with E-state index < -0.39 is 35.9 Å². The summed E-state index contributed by atoms with van der Waals surface area (Å²) in [7, 11) is 0. The fourth-order valence-electron chi connectivity index (χ4n) is 6.65. The molecule has 1 amide bonds. The molecule has 3 aliphatic rings. The van der Waals surface area contributed by atoms with Gasteiger partial charge in [0, 0.05) is 30.7 Å². The van der Waals surface area contributed by atoms with Crippen molar-refractivity contribution in [3.8, 4) is 0 Å². The number of carboxylic acid groups (broad SMARTS) is 1. The average Bonchev–Trinajstić information content (AvgIpc) is 3.51. The molecule has 2 saturated heterocycles. The molecule has 0 spiro atoms. The van der Waals surface area contributed by atoms with Gasteiger partial charge in [0.05, 0.1) is 17.1 Å². The van der Waals surface area contributed by atoms with Gasteiger partial charge in [-0.1, -0.05) is 40.0 Å². The first-order chi connectivity index (χ1) is 17.5. The van der Waals surface area contributed by atoms with Crippen molar-refractivity contribution in [2.45, 2.75) is 103 Å². The number of hydrogen-bond donors (Lipinski definition) is 1. The van der Waals surface area contributed by atoms with Gasteiger partial charge >= 0.3 is 6.09 Å². The number of aromatic nitrogens is 3. The van der Waals surface area contributed by atoms with Gasteiger partial charge in [0.15, 0.2) is 0 Å². The summed E-state index contributed by atoms with van der Waals surface area (Å²) in [6, 6.07) is -1.13. The van der Waals surface area contributed by atoms with E-state index in [2.05, 4.69) is 25.6 Å². The Kier molecular flexibility index (Phi) is 6.47. The number of piperazine rings is 1. The number of alkyl halides is 3. The van der Waals surface area contributed by atoms with Crippen LogP contribution in [0, 0.1) is 5.41 Å². The maximum Gasteiger partial charge on any atom is 0.412 e. The van der Waals surface area contributed by atoms with Crippen molar-refractivity contribution in [3.63, 3.8) is 0 Å². The Morgan fingerprint density at radius 2 is 1.70 bits per heavy atom. The van der Waals surface area contributed by atoms with Gasteiger partial charge < -0.3 is 19.5 Å². The van der Waals surface area contributed by atoms with Crippen LogP contribution in [0.15, 0.2) is 12.5 Å². The molecule has 5 rings (SSSR count). The van der Waals surface area contributed by atoms with Gasteiger partial charge in [-0.15, -0.1) is 0 Å². The van der Waals surface area contributed by atoms with Gasteiger partial charge in [-0.3, -0.25) is 0 Å². The molecule has 3 fully saturated rings. The third kappa shape index (κ3) is 3.91. The van der Waals surface area contributed by atoms with E-state index in [0.29, 0.717) is 11.0 Å². The van der Waals surface area contributed by atoms with E-state index in [1.807, 2.05) is 0 Å². The Balaban J connectivity index is 1.71. The van der Waals surface area contributed by atoms with Crippen LogP contribution < -0.4 is 9.80 Å². The highest BCUT2D eigenvalue weighted by Crippen LogP contribution is 2.50. The number of amides is 1. The SMILES string of the molecule is CC1N(c2ncnc3c2c(N2CCCC2)cn3C2CCCCC2)C(F)C(F)N(C(=O)O)C1(F)C(C)(C)C. The zero-order chi connectivity index (χ0) is 26.7. The lowest BCUT2D eigenvalue weighted by Crippen LogP contribution is -2.75. The Hall–Kier alpha value is -2.72. The largest absolute Gasteiger partial charge is 0.465 e. The monoisotopic (exact) mass is 522 g/mol. The molecule has 1 saturated carbocycles. The van der Waals surface area contributed by atoms with Crippen LogP contribution in [-0.2, 0) is 0 Å². The fraction of sp³-hybridized carbons (Fsp3) is 0.731. The predicted molar refractivity (Wildman–Crippen MR) is 136 cm³/mol. The number of rotatable bonds is 3. The van der Waals surface area contributed by atoms with Crippen LogP contribution in [0.5, 0.6) is 0 Å². The van der Waals surface area contributed by atoms with Gasteiger partial charge in [0.2, 0.25) is 18.4 Å². The molecule has 2 aromatic rings. The predicted octanol–water partition coefficient (Wildman–Crippen LogP) is 6.03. The van der Waals surface area contributed by atoms with Crippen molar-refractivity contribution in [2.24, 2.45) is 5.41 Å². The van der Waals surface area contributed by atoms with Gasteiger partial charge in [-0.2, -0.15) is 0 Å². The van der Waals surface area contributed by atoms with Crippen LogP contribution in [0.1, 0.15) is 78.7 Å². The number of anilines is 2. The molecule has 8 nitrogen and oxygen atoms in total. The molecule has 1 N–H and O–H groups in total. The molecule has 4 heterocycles. The molecular weight excluding hydrogens is 485 g/mol. The summed E-state index contributed by atoms with van der Waals surface area (Å²) in [6.07, 6.45) is 3.80.